The van der Waals surface area contributed by atoms with Gasteiger partial charge in [0.2, 0.25) is 5.91 Å². The Morgan fingerprint density at radius 1 is 1.37 bits per heavy atom. The zero-order valence-electron chi connectivity index (χ0n) is 10.5. The van der Waals surface area contributed by atoms with Crippen LogP contribution in [-0.4, -0.2) is 16.7 Å². The predicted molar refractivity (Wildman–Crippen MR) is 76.3 cm³/mol. The summed E-state index contributed by atoms with van der Waals surface area (Å²) in [6.07, 6.45) is 3.73. The van der Waals surface area contributed by atoms with E-state index in [-0.39, 0.29) is 5.91 Å². The number of halogens is 1. The van der Waals surface area contributed by atoms with Crippen LogP contribution in [0.4, 0.5) is 0 Å². The fraction of sp³-hybridized carbons (Fsp3) is 0.143. The monoisotopic (exact) mass is 275 g/mol. The molecular weight excluding hydrogens is 262 g/mol. The molecule has 0 saturated carbocycles. The molecular formula is C14H14ClN3O. The molecule has 1 aromatic carbocycles. The van der Waals surface area contributed by atoms with Crippen LogP contribution in [0.5, 0.6) is 0 Å². The van der Waals surface area contributed by atoms with E-state index in [0.717, 1.165) is 11.3 Å². The Hall–Kier alpha value is -2.07. The molecule has 1 heterocycles. The topological polar surface area (TPSA) is 46.4 Å². The van der Waals surface area contributed by atoms with Gasteiger partial charge < -0.3 is 4.57 Å². The summed E-state index contributed by atoms with van der Waals surface area (Å²) < 4.78 is 1.90. The summed E-state index contributed by atoms with van der Waals surface area (Å²) >= 11 is 5.97. The Bertz CT molecular complexity index is 604. The number of aryl methyl sites for hydroxylation is 1. The fourth-order valence-electron chi connectivity index (χ4n) is 1.64. The number of aromatic nitrogens is 1. The first-order valence-corrected chi connectivity index (χ1v) is 6.21. The Morgan fingerprint density at radius 3 is 2.84 bits per heavy atom. The van der Waals surface area contributed by atoms with Crippen molar-refractivity contribution in [3.63, 3.8) is 0 Å². The Kier molecular flexibility index (Phi) is 4.36. The summed E-state index contributed by atoms with van der Waals surface area (Å²) in [4.78, 5) is 11.7. The minimum absolute atomic E-state index is 0.162. The van der Waals surface area contributed by atoms with Crippen LogP contribution >= 0.6 is 11.6 Å². The lowest BCUT2D eigenvalue weighted by molar-refractivity contribution is -0.120. The first-order valence-electron chi connectivity index (χ1n) is 5.83. The number of carbonyl (C=O) groups is 1. The zero-order valence-corrected chi connectivity index (χ0v) is 11.3. The molecule has 0 fully saturated rings. The maximum absolute atomic E-state index is 11.7. The average Bonchev–Trinajstić information content (AvgIpc) is 2.77. The highest BCUT2D eigenvalue weighted by molar-refractivity contribution is 6.33. The molecule has 0 radical (unpaired) electrons. The lowest BCUT2D eigenvalue weighted by Gasteiger charge is -2.02. The molecule has 98 valence electrons. The Balaban J connectivity index is 1.91. The second-order valence-electron chi connectivity index (χ2n) is 4.10. The number of hydrogen-bond donors (Lipinski definition) is 1. The van der Waals surface area contributed by atoms with Crippen molar-refractivity contribution in [3.8, 4) is 0 Å². The molecule has 1 aromatic heterocycles. The number of nitrogens with one attached hydrogen (secondary N) is 1. The second-order valence-corrected chi connectivity index (χ2v) is 4.51. The molecule has 2 aromatic rings. The number of carbonyl (C=O) groups excluding carboxylic acids is 1. The number of amides is 1. The maximum atomic E-state index is 11.7. The second kappa shape index (κ2) is 6.20. The number of hydrazone groups is 1. The smallest absolute Gasteiger partial charge is 0.245 e. The van der Waals surface area contributed by atoms with E-state index in [1.165, 1.54) is 6.21 Å². The van der Waals surface area contributed by atoms with Gasteiger partial charge >= 0.3 is 0 Å². The van der Waals surface area contributed by atoms with Crippen LogP contribution in [0.15, 0.2) is 47.7 Å². The van der Waals surface area contributed by atoms with Crippen LogP contribution in [0.2, 0.25) is 5.02 Å². The molecule has 1 amide bonds. The van der Waals surface area contributed by atoms with Crippen molar-refractivity contribution in [1.82, 2.24) is 9.99 Å². The van der Waals surface area contributed by atoms with Crippen molar-refractivity contribution in [1.29, 1.82) is 0 Å². The minimum Gasteiger partial charge on any atom is -0.354 e. The third-order valence-electron chi connectivity index (χ3n) is 2.69. The largest absolute Gasteiger partial charge is 0.354 e. The maximum Gasteiger partial charge on any atom is 0.245 e. The molecule has 5 heteroatoms. The summed E-state index contributed by atoms with van der Waals surface area (Å²) in [6.45, 7) is 0. The van der Waals surface area contributed by atoms with Crippen molar-refractivity contribution in [2.24, 2.45) is 12.1 Å². The Labute approximate surface area is 116 Å². The number of benzene rings is 1. The van der Waals surface area contributed by atoms with Crippen molar-refractivity contribution >= 4 is 23.7 Å². The van der Waals surface area contributed by atoms with Crippen molar-refractivity contribution < 1.29 is 4.79 Å². The normalized spacial score (nSPS) is 10.8. The zero-order chi connectivity index (χ0) is 13.7. The van der Waals surface area contributed by atoms with Gasteiger partial charge in [0.15, 0.2) is 0 Å². The summed E-state index contributed by atoms with van der Waals surface area (Å²) in [6, 6.07) is 11.1. The van der Waals surface area contributed by atoms with Gasteiger partial charge in [0, 0.05) is 29.5 Å². The molecule has 4 nitrogen and oxygen atoms in total. The molecule has 1 N–H and O–H groups in total. The van der Waals surface area contributed by atoms with Gasteiger partial charge in [0.05, 0.1) is 12.6 Å². The molecule has 0 saturated heterocycles. The van der Waals surface area contributed by atoms with Gasteiger partial charge in [-0.15, -0.1) is 0 Å². The molecule has 0 unspecified atom stereocenters. The average molecular weight is 276 g/mol. The highest BCUT2D eigenvalue weighted by atomic mass is 35.5. The van der Waals surface area contributed by atoms with E-state index >= 15 is 0 Å². The quantitative estimate of drug-likeness (QED) is 0.676. The van der Waals surface area contributed by atoms with Gasteiger partial charge in [-0.25, -0.2) is 5.43 Å². The summed E-state index contributed by atoms with van der Waals surface area (Å²) in [5.74, 6) is -0.162. The summed E-state index contributed by atoms with van der Waals surface area (Å²) in [5.41, 5.74) is 4.18. The molecule has 0 aliphatic heterocycles. The minimum atomic E-state index is -0.162. The van der Waals surface area contributed by atoms with Gasteiger partial charge in [-0.1, -0.05) is 29.8 Å². The molecule has 0 aliphatic rings. The van der Waals surface area contributed by atoms with E-state index in [2.05, 4.69) is 10.5 Å². The molecule has 0 spiro atoms. The molecule has 19 heavy (non-hydrogen) atoms. The number of hydrogen-bond acceptors (Lipinski definition) is 2. The van der Waals surface area contributed by atoms with E-state index in [0.29, 0.717) is 11.4 Å². The van der Waals surface area contributed by atoms with E-state index in [4.69, 9.17) is 11.6 Å². The fourth-order valence-corrected chi connectivity index (χ4v) is 1.82. The third kappa shape index (κ3) is 3.69. The van der Waals surface area contributed by atoms with Gasteiger partial charge in [-0.3, -0.25) is 4.79 Å². The van der Waals surface area contributed by atoms with Gasteiger partial charge in [0.25, 0.3) is 0 Å². The highest BCUT2D eigenvalue weighted by Gasteiger charge is 2.04. The SMILES string of the molecule is Cn1cccc1CC(=O)N/N=C\c1ccccc1Cl. The van der Waals surface area contributed by atoms with Crippen LogP contribution in [0.1, 0.15) is 11.3 Å². The number of nitrogens with zero attached hydrogens (tertiary/aromatic N) is 2. The van der Waals surface area contributed by atoms with E-state index < -0.39 is 0 Å². The first-order chi connectivity index (χ1) is 9.16. The standard InChI is InChI=1S/C14H14ClN3O/c1-18-8-4-6-12(18)9-14(19)17-16-10-11-5-2-3-7-13(11)15/h2-8,10H,9H2,1H3,(H,17,19)/b16-10-. The Morgan fingerprint density at radius 2 is 2.16 bits per heavy atom. The summed E-state index contributed by atoms with van der Waals surface area (Å²) in [7, 11) is 1.90. The van der Waals surface area contributed by atoms with E-state index in [1.807, 2.05) is 48.1 Å². The van der Waals surface area contributed by atoms with Gasteiger partial charge in [0.1, 0.15) is 0 Å². The number of rotatable bonds is 4. The van der Waals surface area contributed by atoms with Gasteiger partial charge in [-0.05, 0) is 18.2 Å². The van der Waals surface area contributed by atoms with Crippen LogP contribution in [0, 0.1) is 0 Å². The van der Waals surface area contributed by atoms with Crippen LogP contribution in [0.3, 0.4) is 0 Å². The molecule has 0 bridgehead atoms. The lowest BCUT2D eigenvalue weighted by Crippen LogP contribution is -2.20. The van der Waals surface area contributed by atoms with Crippen LogP contribution in [-0.2, 0) is 18.3 Å². The highest BCUT2D eigenvalue weighted by Crippen LogP contribution is 2.12. The summed E-state index contributed by atoms with van der Waals surface area (Å²) in [5, 5.41) is 4.49. The molecule has 0 aliphatic carbocycles. The van der Waals surface area contributed by atoms with Crippen molar-refractivity contribution in [3.05, 3.63) is 58.9 Å². The van der Waals surface area contributed by atoms with Crippen LogP contribution in [0.25, 0.3) is 0 Å². The van der Waals surface area contributed by atoms with Crippen molar-refractivity contribution in [2.75, 3.05) is 0 Å². The third-order valence-corrected chi connectivity index (χ3v) is 3.04. The van der Waals surface area contributed by atoms with Crippen molar-refractivity contribution in [2.45, 2.75) is 6.42 Å². The first kappa shape index (κ1) is 13.4. The predicted octanol–water partition coefficient (Wildman–Crippen LogP) is 2.37. The van der Waals surface area contributed by atoms with Gasteiger partial charge in [-0.2, -0.15) is 5.10 Å². The molecule has 0 atom stereocenters. The van der Waals surface area contributed by atoms with E-state index in [1.54, 1.807) is 6.07 Å². The lowest BCUT2D eigenvalue weighted by atomic mass is 10.2. The van der Waals surface area contributed by atoms with E-state index in [9.17, 15) is 4.79 Å². The van der Waals surface area contributed by atoms with Crippen LogP contribution < -0.4 is 5.43 Å². The molecule has 2 rings (SSSR count).